The molecule has 0 aliphatic carbocycles. The van der Waals surface area contributed by atoms with Gasteiger partial charge >= 0.3 is 5.91 Å². The number of nitrogens with one attached hydrogen (secondary N) is 1. The van der Waals surface area contributed by atoms with Gasteiger partial charge in [-0.3, -0.25) is 15.1 Å². The van der Waals surface area contributed by atoms with E-state index in [4.69, 9.17) is 10.3 Å². The molecule has 0 aromatic carbocycles. The van der Waals surface area contributed by atoms with Crippen molar-refractivity contribution in [2.24, 2.45) is 11.8 Å². The number of hydrogen-bond acceptors (Lipinski definition) is 5. The second kappa shape index (κ2) is 5.51. The van der Waals surface area contributed by atoms with Crippen molar-refractivity contribution in [3.8, 4) is 0 Å². The number of aliphatic hydroxyl groups excluding tert-OH is 1. The van der Waals surface area contributed by atoms with Crippen molar-refractivity contribution < 1.29 is 14.3 Å². The van der Waals surface area contributed by atoms with Crippen molar-refractivity contribution in [2.75, 3.05) is 13.2 Å². The summed E-state index contributed by atoms with van der Waals surface area (Å²) in [6.45, 7) is 3.78. The smallest absolute Gasteiger partial charge is 0.301 e. The van der Waals surface area contributed by atoms with Crippen molar-refractivity contribution in [3.63, 3.8) is 0 Å². The first-order chi connectivity index (χ1) is 8.67. The van der Waals surface area contributed by atoms with Crippen LogP contribution in [0.25, 0.3) is 0 Å². The Bertz CT molecular complexity index is 418. The predicted octanol–water partition coefficient (Wildman–Crippen LogP) is 0.0858. The zero-order chi connectivity index (χ0) is 13.1. The Hall–Kier alpha value is -1.37. The van der Waals surface area contributed by atoms with Crippen LogP contribution in [-0.2, 0) is 6.54 Å². The van der Waals surface area contributed by atoms with Gasteiger partial charge < -0.3 is 9.52 Å². The minimum Gasteiger partial charge on any atom is -0.459 e. The van der Waals surface area contributed by atoms with E-state index < -0.39 is 5.91 Å². The average molecular weight is 253 g/mol. The molecule has 0 radical (unpaired) electrons. The van der Waals surface area contributed by atoms with Crippen LogP contribution in [0.4, 0.5) is 0 Å². The van der Waals surface area contributed by atoms with E-state index in [-0.39, 0.29) is 18.4 Å². The molecule has 4 N–H and O–H groups in total. The molecular formula is C12H19N3O3. The van der Waals surface area contributed by atoms with Gasteiger partial charge in [-0.05, 0) is 24.9 Å². The fourth-order valence-electron chi connectivity index (χ4n) is 2.52. The number of nitrogens with zero attached hydrogens (tertiary/aromatic N) is 1. The van der Waals surface area contributed by atoms with Gasteiger partial charge in [0.05, 0.1) is 12.9 Å². The molecule has 0 bridgehead atoms. The molecule has 1 fully saturated rings. The molecule has 0 saturated carbocycles. The summed E-state index contributed by atoms with van der Waals surface area (Å²) in [6.07, 6.45) is 2.54. The summed E-state index contributed by atoms with van der Waals surface area (Å²) in [4.78, 5) is 13.7. The topological polar surface area (TPSA) is 91.7 Å². The fourth-order valence-corrected chi connectivity index (χ4v) is 2.52. The third-order valence-corrected chi connectivity index (χ3v) is 3.64. The number of likely N-dealkylation sites (tertiary alicyclic amines) is 1. The molecule has 1 aromatic heterocycles. The highest BCUT2D eigenvalue weighted by Gasteiger charge is 2.31. The molecule has 2 heterocycles. The van der Waals surface area contributed by atoms with Crippen LogP contribution in [0.2, 0.25) is 0 Å². The van der Waals surface area contributed by atoms with Gasteiger partial charge in [0.15, 0.2) is 5.76 Å². The average Bonchev–Trinajstić information content (AvgIpc) is 2.96. The molecule has 6 nitrogen and oxygen atoms in total. The molecule has 0 spiro atoms. The number of nitrogen functional groups attached to an aromatic ring is 1. The number of carbonyl (C=O) groups is 1. The summed E-state index contributed by atoms with van der Waals surface area (Å²) in [5, 5.41) is 9.40. The maximum atomic E-state index is 11.5. The molecule has 1 saturated heterocycles. The molecule has 2 rings (SSSR count). The standard InChI is InChI=1S/C12H19N3O3/c1-8-2-4-15(10(8)7-16)6-9-3-5-18-11(9)12(17)14-13/h3,5,8,10,16H,2,4,6-7,13H2,1H3,(H,14,17). The largest absolute Gasteiger partial charge is 0.459 e. The lowest BCUT2D eigenvalue weighted by molar-refractivity contribution is 0.0920. The van der Waals surface area contributed by atoms with Crippen LogP contribution in [0.15, 0.2) is 16.7 Å². The van der Waals surface area contributed by atoms with Gasteiger partial charge in [-0.2, -0.15) is 0 Å². The van der Waals surface area contributed by atoms with Crippen LogP contribution >= 0.6 is 0 Å². The van der Waals surface area contributed by atoms with Gasteiger partial charge in [-0.15, -0.1) is 0 Å². The zero-order valence-corrected chi connectivity index (χ0v) is 10.4. The van der Waals surface area contributed by atoms with Gasteiger partial charge in [0.1, 0.15) is 0 Å². The van der Waals surface area contributed by atoms with Crippen LogP contribution in [0, 0.1) is 5.92 Å². The molecule has 1 aliphatic heterocycles. The van der Waals surface area contributed by atoms with Crippen LogP contribution in [-0.4, -0.2) is 35.1 Å². The normalized spacial score (nSPS) is 24.4. The third-order valence-electron chi connectivity index (χ3n) is 3.64. The number of aliphatic hydroxyl groups is 1. The SMILES string of the molecule is CC1CCN(Cc2ccoc2C(=O)NN)C1CO. The third kappa shape index (κ3) is 2.40. The summed E-state index contributed by atoms with van der Waals surface area (Å²) in [7, 11) is 0. The second-order valence-corrected chi connectivity index (χ2v) is 4.73. The molecule has 18 heavy (non-hydrogen) atoms. The van der Waals surface area contributed by atoms with Gasteiger partial charge in [-0.25, -0.2) is 5.84 Å². The highest BCUT2D eigenvalue weighted by Crippen LogP contribution is 2.26. The molecule has 2 unspecified atom stereocenters. The lowest BCUT2D eigenvalue weighted by atomic mass is 10.0. The summed E-state index contributed by atoms with van der Waals surface area (Å²) in [5.41, 5.74) is 2.86. The maximum absolute atomic E-state index is 11.5. The lowest BCUT2D eigenvalue weighted by Gasteiger charge is -2.24. The van der Waals surface area contributed by atoms with Crippen LogP contribution in [0.5, 0.6) is 0 Å². The quantitative estimate of drug-likeness (QED) is 0.402. The zero-order valence-electron chi connectivity index (χ0n) is 10.4. The summed E-state index contributed by atoms with van der Waals surface area (Å²) in [5.74, 6) is 5.39. The first kappa shape index (κ1) is 13.1. The Balaban J connectivity index is 2.10. The number of hydrogen-bond donors (Lipinski definition) is 3. The maximum Gasteiger partial charge on any atom is 0.301 e. The minimum atomic E-state index is -0.428. The van der Waals surface area contributed by atoms with Crippen LogP contribution in [0.1, 0.15) is 29.5 Å². The van der Waals surface area contributed by atoms with E-state index in [1.807, 2.05) is 0 Å². The molecule has 1 aliphatic rings. The number of nitrogens with two attached hydrogens (primary N) is 1. The first-order valence-corrected chi connectivity index (χ1v) is 6.09. The number of furan rings is 1. The van der Waals surface area contributed by atoms with E-state index in [1.165, 1.54) is 6.26 Å². The molecule has 6 heteroatoms. The lowest BCUT2D eigenvalue weighted by Crippen LogP contribution is -2.35. The molecule has 2 atom stereocenters. The van der Waals surface area contributed by atoms with Gasteiger partial charge in [0.2, 0.25) is 0 Å². The van der Waals surface area contributed by atoms with Gasteiger partial charge in [0.25, 0.3) is 0 Å². The Morgan fingerprint density at radius 1 is 1.72 bits per heavy atom. The van der Waals surface area contributed by atoms with Crippen molar-refractivity contribution in [1.82, 2.24) is 10.3 Å². The van der Waals surface area contributed by atoms with Gasteiger partial charge in [-0.1, -0.05) is 6.92 Å². The van der Waals surface area contributed by atoms with E-state index in [1.54, 1.807) is 6.07 Å². The van der Waals surface area contributed by atoms with Crippen LogP contribution in [0.3, 0.4) is 0 Å². The highest BCUT2D eigenvalue weighted by atomic mass is 16.3. The van der Waals surface area contributed by atoms with Gasteiger partial charge in [0, 0.05) is 18.2 Å². The van der Waals surface area contributed by atoms with E-state index in [9.17, 15) is 9.90 Å². The summed E-state index contributed by atoms with van der Waals surface area (Å²) >= 11 is 0. The Kier molecular flexibility index (Phi) is 4.00. The van der Waals surface area contributed by atoms with Crippen molar-refractivity contribution in [1.29, 1.82) is 0 Å². The van der Waals surface area contributed by atoms with E-state index >= 15 is 0 Å². The first-order valence-electron chi connectivity index (χ1n) is 6.09. The van der Waals surface area contributed by atoms with E-state index in [0.29, 0.717) is 12.5 Å². The Morgan fingerprint density at radius 2 is 2.50 bits per heavy atom. The number of hydrazine groups is 1. The number of amides is 1. The molecular weight excluding hydrogens is 234 g/mol. The van der Waals surface area contributed by atoms with E-state index in [0.717, 1.165) is 18.5 Å². The van der Waals surface area contributed by atoms with E-state index in [2.05, 4.69) is 17.2 Å². The van der Waals surface area contributed by atoms with Crippen LogP contribution < -0.4 is 11.3 Å². The van der Waals surface area contributed by atoms with Crippen molar-refractivity contribution in [3.05, 3.63) is 23.7 Å². The second-order valence-electron chi connectivity index (χ2n) is 4.73. The molecule has 100 valence electrons. The monoisotopic (exact) mass is 253 g/mol. The minimum absolute atomic E-state index is 0.136. The Labute approximate surface area is 106 Å². The number of carbonyl (C=O) groups excluding carboxylic acids is 1. The predicted molar refractivity (Wildman–Crippen MR) is 65.4 cm³/mol. The fraction of sp³-hybridized carbons (Fsp3) is 0.583. The Morgan fingerprint density at radius 3 is 3.17 bits per heavy atom. The molecule has 1 amide bonds. The summed E-state index contributed by atoms with van der Waals surface area (Å²) in [6, 6.07) is 1.91. The van der Waals surface area contributed by atoms with Crippen molar-refractivity contribution >= 4 is 5.91 Å². The highest BCUT2D eigenvalue weighted by molar-refractivity contribution is 5.92. The number of rotatable bonds is 4. The van der Waals surface area contributed by atoms with Crippen molar-refractivity contribution in [2.45, 2.75) is 25.9 Å². The molecule has 1 aromatic rings. The summed E-state index contributed by atoms with van der Waals surface area (Å²) < 4.78 is 5.14.